The SMILES string of the molecule is CS(=O)(=O)N1CCC(CNC(N)=NCc2cccc(C(F)(F)F)c2)CC1.I. The number of piperidine rings is 1. The molecule has 0 spiro atoms. The van der Waals surface area contributed by atoms with Gasteiger partial charge in [-0.05, 0) is 36.5 Å². The van der Waals surface area contributed by atoms with E-state index < -0.39 is 21.8 Å². The number of guanidine groups is 1. The number of benzene rings is 1. The van der Waals surface area contributed by atoms with E-state index in [2.05, 4.69) is 10.3 Å². The van der Waals surface area contributed by atoms with Gasteiger partial charge in [0.2, 0.25) is 10.0 Å². The first-order valence-corrected chi connectivity index (χ1v) is 10.1. The lowest BCUT2D eigenvalue weighted by Gasteiger charge is -2.30. The zero-order chi connectivity index (χ0) is 19.4. The van der Waals surface area contributed by atoms with E-state index in [1.165, 1.54) is 16.6 Å². The number of nitrogens with two attached hydrogens (primary N) is 1. The van der Waals surface area contributed by atoms with Crippen LogP contribution in [0.4, 0.5) is 13.2 Å². The van der Waals surface area contributed by atoms with Crippen LogP contribution >= 0.6 is 24.0 Å². The predicted octanol–water partition coefficient (Wildman–Crippen LogP) is 2.40. The van der Waals surface area contributed by atoms with Crippen molar-refractivity contribution in [2.24, 2.45) is 16.6 Å². The maximum Gasteiger partial charge on any atom is 0.416 e. The molecule has 0 aromatic heterocycles. The van der Waals surface area contributed by atoms with Crippen LogP contribution in [0, 0.1) is 5.92 Å². The van der Waals surface area contributed by atoms with Crippen molar-refractivity contribution in [1.29, 1.82) is 0 Å². The summed E-state index contributed by atoms with van der Waals surface area (Å²) in [5.41, 5.74) is 5.48. The molecule has 0 radical (unpaired) electrons. The fourth-order valence-corrected chi connectivity index (χ4v) is 3.65. The molecule has 0 bridgehead atoms. The van der Waals surface area contributed by atoms with E-state index in [1.807, 2.05) is 0 Å². The van der Waals surface area contributed by atoms with E-state index in [0.29, 0.717) is 25.2 Å². The Hall–Kier alpha value is -1.08. The van der Waals surface area contributed by atoms with E-state index in [0.717, 1.165) is 25.0 Å². The van der Waals surface area contributed by atoms with Crippen molar-refractivity contribution in [1.82, 2.24) is 9.62 Å². The number of aliphatic imine (C=N–C) groups is 1. The number of alkyl halides is 3. The molecule has 2 rings (SSSR count). The van der Waals surface area contributed by atoms with Crippen molar-refractivity contribution in [3.05, 3.63) is 35.4 Å². The largest absolute Gasteiger partial charge is 0.416 e. The Bertz CT molecular complexity index is 748. The third-order valence-electron chi connectivity index (χ3n) is 4.30. The molecule has 1 aromatic carbocycles. The predicted molar refractivity (Wildman–Crippen MR) is 109 cm³/mol. The van der Waals surface area contributed by atoms with Crippen molar-refractivity contribution in [3.63, 3.8) is 0 Å². The molecule has 0 saturated carbocycles. The summed E-state index contributed by atoms with van der Waals surface area (Å²) < 4.78 is 62.4. The van der Waals surface area contributed by atoms with E-state index in [1.54, 1.807) is 6.07 Å². The average Bonchev–Trinajstić information content (AvgIpc) is 2.57. The Labute approximate surface area is 174 Å². The molecule has 0 atom stereocenters. The summed E-state index contributed by atoms with van der Waals surface area (Å²) in [4.78, 5) is 4.07. The molecule has 0 amide bonds. The minimum absolute atomic E-state index is 0. The highest BCUT2D eigenvalue weighted by Crippen LogP contribution is 2.29. The molecule has 154 valence electrons. The monoisotopic (exact) mass is 520 g/mol. The summed E-state index contributed by atoms with van der Waals surface area (Å²) in [7, 11) is -3.15. The van der Waals surface area contributed by atoms with Crippen LogP contribution in [0.3, 0.4) is 0 Å². The van der Waals surface area contributed by atoms with Crippen molar-refractivity contribution in [3.8, 4) is 0 Å². The molecule has 1 saturated heterocycles. The third kappa shape index (κ3) is 7.82. The molecule has 3 N–H and O–H groups in total. The maximum absolute atomic E-state index is 12.7. The topological polar surface area (TPSA) is 87.8 Å². The highest BCUT2D eigenvalue weighted by atomic mass is 127. The Morgan fingerprint density at radius 2 is 1.96 bits per heavy atom. The smallest absolute Gasteiger partial charge is 0.370 e. The fourth-order valence-electron chi connectivity index (χ4n) is 2.77. The molecular weight excluding hydrogens is 496 g/mol. The van der Waals surface area contributed by atoms with Crippen LogP contribution in [0.25, 0.3) is 0 Å². The molecule has 0 unspecified atom stereocenters. The molecule has 1 heterocycles. The molecule has 11 heteroatoms. The first kappa shape index (κ1) is 24.0. The van der Waals surface area contributed by atoms with E-state index in [-0.39, 0.29) is 42.4 Å². The van der Waals surface area contributed by atoms with Gasteiger partial charge in [-0.3, -0.25) is 0 Å². The summed E-state index contributed by atoms with van der Waals surface area (Å²) >= 11 is 0. The molecule has 1 aliphatic heterocycles. The standard InChI is InChI=1S/C16H23F3N4O2S.HI/c1-26(24,25)23-7-5-12(6-8-23)10-21-15(20)22-11-13-3-2-4-14(9-13)16(17,18)19;/h2-4,9,12H,5-8,10-11H2,1H3,(H3,20,21,22);1H. The zero-order valence-corrected chi connectivity index (χ0v) is 18.0. The van der Waals surface area contributed by atoms with E-state index >= 15 is 0 Å². The molecule has 1 aromatic rings. The van der Waals surface area contributed by atoms with Gasteiger partial charge in [0.1, 0.15) is 0 Å². The van der Waals surface area contributed by atoms with Gasteiger partial charge in [-0.1, -0.05) is 12.1 Å². The maximum atomic E-state index is 12.7. The van der Waals surface area contributed by atoms with E-state index in [4.69, 9.17) is 5.73 Å². The summed E-state index contributed by atoms with van der Waals surface area (Å²) in [6, 6.07) is 4.97. The van der Waals surface area contributed by atoms with Crippen molar-refractivity contribution >= 4 is 40.0 Å². The normalized spacial score (nSPS) is 17.4. The third-order valence-corrected chi connectivity index (χ3v) is 5.60. The molecule has 6 nitrogen and oxygen atoms in total. The van der Waals surface area contributed by atoms with Gasteiger partial charge in [-0.2, -0.15) is 13.2 Å². The van der Waals surface area contributed by atoms with Gasteiger partial charge in [0.15, 0.2) is 5.96 Å². The number of hydrogen-bond donors (Lipinski definition) is 2. The number of nitrogens with zero attached hydrogens (tertiary/aromatic N) is 2. The zero-order valence-electron chi connectivity index (χ0n) is 14.9. The van der Waals surface area contributed by atoms with Crippen molar-refractivity contribution in [2.75, 3.05) is 25.9 Å². The molecule has 27 heavy (non-hydrogen) atoms. The van der Waals surface area contributed by atoms with Crippen LogP contribution in [0.15, 0.2) is 29.3 Å². The Balaban J connectivity index is 0.00000364. The second kappa shape index (κ2) is 9.92. The lowest BCUT2D eigenvalue weighted by Crippen LogP contribution is -2.42. The molecule has 1 fully saturated rings. The summed E-state index contributed by atoms with van der Waals surface area (Å²) in [5, 5.41) is 2.96. The van der Waals surface area contributed by atoms with Gasteiger partial charge in [0.25, 0.3) is 0 Å². The summed E-state index contributed by atoms with van der Waals surface area (Å²) in [5.74, 6) is 0.434. The first-order chi connectivity index (χ1) is 12.1. The first-order valence-electron chi connectivity index (χ1n) is 8.21. The van der Waals surface area contributed by atoms with Gasteiger partial charge in [0, 0.05) is 19.6 Å². The Morgan fingerprint density at radius 1 is 1.33 bits per heavy atom. The number of halogens is 4. The lowest BCUT2D eigenvalue weighted by atomic mass is 9.98. The van der Waals surface area contributed by atoms with Gasteiger partial charge >= 0.3 is 6.18 Å². The average molecular weight is 520 g/mol. The van der Waals surface area contributed by atoms with Gasteiger partial charge in [0.05, 0.1) is 18.4 Å². The summed E-state index contributed by atoms with van der Waals surface area (Å²) in [6.45, 7) is 1.56. The van der Waals surface area contributed by atoms with Crippen LogP contribution < -0.4 is 11.1 Å². The fraction of sp³-hybridized carbons (Fsp3) is 0.562. The van der Waals surface area contributed by atoms with Gasteiger partial charge < -0.3 is 11.1 Å². The Morgan fingerprint density at radius 3 is 2.52 bits per heavy atom. The van der Waals surface area contributed by atoms with Gasteiger partial charge in [-0.25, -0.2) is 17.7 Å². The number of sulfonamides is 1. The highest BCUT2D eigenvalue weighted by molar-refractivity contribution is 14.0. The number of nitrogens with one attached hydrogen (secondary N) is 1. The number of hydrogen-bond acceptors (Lipinski definition) is 3. The quantitative estimate of drug-likeness (QED) is 0.355. The lowest BCUT2D eigenvalue weighted by molar-refractivity contribution is -0.137. The minimum atomic E-state index is -4.38. The molecule has 0 aliphatic carbocycles. The van der Waals surface area contributed by atoms with Crippen LogP contribution in [0.2, 0.25) is 0 Å². The summed E-state index contributed by atoms with van der Waals surface area (Å²) in [6.07, 6.45) is -1.74. The van der Waals surface area contributed by atoms with Crippen LogP contribution in [-0.4, -0.2) is 44.6 Å². The minimum Gasteiger partial charge on any atom is -0.370 e. The number of rotatable bonds is 5. The van der Waals surface area contributed by atoms with Crippen LogP contribution in [0.5, 0.6) is 0 Å². The molecular formula is C16H24F3IN4O2S. The highest BCUT2D eigenvalue weighted by Gasteiger charge is 2.30. The van der Waals surface area contributed by atoms with Crippen LogP contribution in [0.1, 0.15) is 24.0 Å². The van der Waals surface area contributed by atoms with Crippen LogP contribution in [-0.2, 0) is 22.7 Å². The van der Waals surface area contributed by atoms with Gasteiger partial charge in [-0.15, -0.1) is 24.0 Å². The second-order valence-electron chi connectivity index (χ2n) is 6.39. The Kier molecular flexibility index (Phi) is 8.80. The molecule has 1 aliphatic rings. The van der Waals surface area contributed by atoms with Crippen molar-refractivity contribution < 1.29 is 21.6 Å². The van der Waals surface area contributed by atoms with Crippen molar-refractivity contribution in [2.45, 2.75) is 25.6 Å². The van der Waals surface area contributed by atoms with E-state index in [9.17, 15) is 21.6 Å². The second-order valence-corrected chi connectivity index (χ2v) is 8.37.